The molecule has 0 spiro atoms. The van der Waals surface area contributed by atoms with Crippen molar-refractivity contribution in [2.45, 2.75) is 17.7 Å². The molecular formula is C18H28ClFN4O3S. The standard InChI is InChI=1S/C18H27FN4O3S.ClH/c19-16-3-1-2-4-17(16)27(25,26)23-10-5-15(6-11-23)18(24)21-9-14-22-12-7-20-8-13-22;/h1-4,15,20H,5-14H2,(H,21,24);1H. The zero-order valence-corrected chi connectivity index (χ0v) is 17.4. The molecule has 2 saturated heterocycles. The lowest BCUT2D eigenvalue weighted by Crippen LogP contribution is -2.47. The average molecular weight is 435 g/mol. The Kier molecular flexibility index (Phi) is 8.63. The number of carbonyl (C=O) groups excluding carboxylic acids is 1. The fraction of sp³-hybridized carbons (Fsp3) is 0.611. The third-order valence-corrected chi connectivity index (χ3v) is 7.15. The van der Waals surface area contributed by atoms with Gasteiger partial charge in [0, 0.05) is 58.3 Å². The summed E-state index contributed by atoms with van der Waals surface area (Å²) in [5.41, 5.74) is 0. The molecule has 2 heterocycles. The number of nitrogens with zero attached hydrogens (tertiary/aromatic N) is 2. The lowest BCUT2D eigenvalue weighted by Gasteiger charge is -2.31. The van der Waals surface area contributed by atoms with Gasteiger partial charge in [-0.05, 0) is 25.0 Å². The highest BCUT2D eigenvalue weighted by Gasteiger charge is 2.33. The number of rotatable bonds is 6. The van der Waals surface area contributed by atoms with Crippen molar-refractivity contribution in [3.05, 3.63) is 30.1 Å². The Morgan fingerprint density at radius 2 is 1.79 bits per heavy atom. The third kappa shape index (κ3) is 5.64. The smallest absolute Gasteiger partial charge is 0.245 e. The lowest BCUT2D eigenvalue weighted by molar-refractivity contribution is -0.126. The normalized spacial score (nSPS) is 19.8. The van der Waals surface area contributed by atoms with Gasteiger partial charge in [0.15, 0.2) is 0 Å². The fourth-order valence-electron chi connectivity index (χ4n) is 3.57. The van der Waals surface area contributed by atoms with Gasteiger partial charge in [-0.3, -0.25) is 9.69 Å². The average Bonchev–Trinajstić information content (AvgIpc) is 2.69. The topological polar surface area (TPSA) is 81.8 Å². The third-order valence-electron chi connectivity index (χ3n) is 5.22. The first-order chi connectivity index (χ1) is 13.0. The highest BCUT2D eigenvalue weighted by atomic mass is 35.5. The first-order valence-corrected chi connectivity index (χ1v) is 10.9. The molecule has 0 atom stereocenters. The molecule has 0 bridgehead atoms. The second kappa shape index (κ2) is 10.5. The van der Waals surface area contributed by atoms with Crippen molar-refractivity contribution >= 4 is 28.3 Å². The van der Waals surface area contributed by atoms with Gasteiger partial charge >= 0.3 is 0 Å². The van der Waals surface area contributed by atoms with Crippen molar-refractivity contribution in [1.82, 2.24) is 19.8 Å². The highest BCUT2D eigenvalue weighted by Crippen LogP contribution is 2.25. The number of piperidine rings is 1. The van der Waals surface area contributed by atoms with Crippen LogP contribution in [0.4, 0.5) is 4.39 Å². The number of benzene rings is 1. The molecule has 1 amide bonds. The molecule has 3 rings (SSSR count). The van der Waals surface area contributed by atoms with E-state index in [0.29, 0.717) is 19.4 Å². The van der Waals surface area contributed by atoms with E-state index in [1.54, 1.807) is 0 Å². The number of piperazine rings is 1. The molecule has 7 nitrogen and oxygen atoms in total. The van der Waals surface area contributed by atoms with Crippen molar-refractivity contribution in [3.63, 3.8) is 0 Å². The van der Waals surface area contributed by atoms with Crippen LogP contribution in [-0.4, -0.2) is 75.9 Å². The molecule has 1 aromatic rings. The molecule has 2 N–H and O–H groups in total. The Bertz CT molecular complexity index is 751. The van der Waals surface area contributed by atoms with Crippen molar-refractivity contribution in [2.75, 3.05) is 52.4 Å². The summed E-state index contributed by atoms with van der Waals surface area (Å²) >= 11 is 0. The summed E-state index contributed by atoms with van der Waals surface area (Å²) in [6.07, 6.45) is 0.903. The van der Waals surface area contributed by atoms with Crippen molar-refractivity contribution in [1.29, 1.82) is 0 Å². The highest BCUT2D eigenvalue weighted by molar-refractivity contribution is 7.89. The summed E-state index contributed by atoms with van der Waals surface area (Å²) in [7, 11) is -3.86. The van der Waals surface area contributed by atoms with Crippen LogP contribution in [0.1, 0.15) is 12.8 Å². The largest absolute Gasteiger partial charge is 0.355 e. The van der Waals surface area contributed by atoms with Gasteiger partial charge in [-0.1, -0.05) is 12.1 Å². The molecule has 0 unspecified atom stereocenters. The second-order valence-electron chi connectivity index (χ2n) is 6.99. The van der Waals surface area contributed by atoms with E-state index in [-0.39, 0.29) is 42.2 Å². The van der Waals surface area contributed by atoms with E-state index in [1.165, 1.54) is 22.5 Å². The first kappa shape index (κ1) is 23.0. The van der Waals surface area contributed by atoms with E-state index in [2.05, 4.69) is 15.5 Å². The van der Waals surface area contributed by atoms with Gasteiger partial charge in [0.25, 0.3) is 0 Å². The van der Waals surface area contributed by atoms with Crippen LogP contribution in [0.5, 0.6) is 0 Å². The summed E-state index contributed by atoms with van der Waals surface area (Å²) in [5, 5.41) is 6.26. The molecule has 10 heteroatoms. The van der Waals surface area contributed by atoms with Crippen molar-refractivity contribution in [3.8, 4) is 0 Å². The Hall–Kier alpha value is -1.26. The molecule has 2 fully saturated rings. The fourth-order valence-corrected chi connectivity index (χ4v) is 5.10. The Morgan fingerprint density at radius 3 is 2.43 bits per heavy atom. The van der Waals surface area contributed by atoms with Crippen LogP contribution in [0.2, 0.25) is 0 Å². The van der Waals surface area contributed by atoms with Crippen LogP contribution in [0.3, 0.4) is 0 Å². The number of nitrogens with one attached hydrogen (secondary N) is 2. The summed E-state index contributed by atoms with van der Waals surface area (Å²) in [5.74, 6) is -0.960. The van der Waals surface area contributed by atoms with Crippen LogP contribution in [-0.2, 0) is 14.8 Å². The molecule has 158 valence electrons. The van der Waals surface area contributed by atoms with E-state index in [0.717, 1.165) is 38.8 Å². The molecule has 0 radical (unpaired) electrons. The number of sulfonamides is 1. The summed E-state index contributed by atoms with van der Waals surface area (Å²) < 4.78 is 40.3. The maximum Gasteiger partial charge on any atom is 0.245 e. The molecular weight excluding hydrogens is 407 g/mol. The molecule has 28 heavy (non-hydrogen) atoms. The van der Waals surface area contributed by atoms with Crippen LogP contribution >= 0.6 is 12.4 Å². The molecule has 2 aliphatic heterocycles. The summed E-state index contributed by atoms with van der Waals surface area (Å²) in [6.45, 7) is 5.82. The van der Waals surface area contributed by atoms with E-state index in [1.807, 2.05) is 0 Å². The van der Waals surface area contributed by atoms with E-state index in [4.69, 9.17) is 0 Å². The number of halogens is 2. The monoisotopic (exact) mass is 434 g/mol. The zero-order valence-electron chi connectivity index (χ0n) is 15.8. The molecule has 1 aromatic carbocycles. The number of amides is 1. The van der Waals surface area contributed by atoms with Gasteiger partial charge in [0.1, 0.15) is 10.7 Å². The summed E-state index contributed by atoms with van der Waals surface area (Å²) in [4.78, 5) is 14.4. The van der Waals surface area contributed by atoms with E-state index >= 15 is 0 Å². The Labute approximate surface area is 172 Å². The van der Waals surface area contributed by atoms with E-state index < -0.39 is 15.8 Å². The van der Waals surface area contributed by atoms with Gasteiger partial charge in [-0.25, -0.2) is 12.8 Å². The minimum Gasteiger partial charge on any atom is -0.355 e. The van der Waals surface area contributed by atoms with Crippen molar-refractivity contribution < 1.29 is 17.6 Å². The molecule has 0 aromatic heterocycles. The van der Waals surface area contributed by atoms with Gasteiger partial charge < -0.3 is 10.6 Å². The SMILES string of the molecule is Cl.O=C(NCCN1CCNCC1)C1CCN(S(=O)(=O)c2ccccc2F)CC1. The maximum atomic E-state index is 13.9. The van der Waals surface area contributed by atoms with Crippen LogP contribution in [0.25, 0.3) is 0 Å². The minimum atomic E-state index is -3.86. The molecule has 0 aliphatic carbocycles. The predicted octanol–water partition coefficient (Wildman–Crippen LogP) is 0.670. The Balaban J connectivity index is 0.00000280. The van der Waals surface area contributed by atoms with Crippen LogP contribution in [0, 0.1) is 11.7 Å². The first-order valence-electron chi connectivity index (χ1n) is 9.44. The van der Waals surface area contributed by atoms with Crippen molar-refractivity contribution in [2.24, 2.45) is 5.92 Å². The Morgan fingerprint density at radius 1 is 1.14 bits per heavy atom. The van der Waals surface area contributed by atoms with Gasteiger partial charge in [-0.2, -0.15) is 4.31 Å². The number of hydrogen-bond donors (Lipinski definition) is 2. The lowest BCUT2D eigenvalue weighted by atomic mass is 9.97. The van der Waals surface area contributed by atoms with Crippen LogP contribution in [0.15, 0.2) is 29.2 Å². The van der Waals surface area contributed by atoms with Gasteiger partial charge in [0.2, 0.25) is 15.9 Å². The zero-order chi connectivity index (χ0) is 19.3. The van der Waals surface area contributed by atoms with Crippen LogP contribution < -0.4 is 10.6 Å². The summed E-state index contributed by atoms with van der Waals surface area (Å²) in [6, 6.07) is 5.39. The van der Waals surface area contributed by atoms with E-state index in [9.17, 15) is 17.6 Å². The molecule has 2 aliphatic rings. The second-order valence-corrected chi connectivity index (χ2v) is 8.90. The number of carbonyl (C=O) groups is 1. The quantitative estimate of drug-likeness (QED) is 0.687. The predicted molar refractivity (Wildman–Crippen MR) is 107 cm³/mol. The van der Waals surface area contributed by atoms with Gasteiger partial charge in [-0.15, -0.1) is 12.4 Å². The van der Waals surface area contributed by atoms with Gasteiger partial charge in [0.05, 0.1) is 0 Å². The number of hydrogen-bond acceptors (Lipinski definition) is 5. The maximum absolute atomic E-state index is 13.9. The minimum absolute atomic E-state index is 0. The molecule has 0 saturated carbocycles.